The molecule has 2 amide bonds. The maximum absolute atomic E-state index is 12.2. The van der Waals surface area contributed by atoms with Crippen molar-refractivity contribution in [3.05, 3.63) is 28.2 Å². The van der Waals surface area contributed by atoms with Crippen molar-refractivity contribution in [1.82, 2.24) is 9.80 Å². The highest BCUT2D eigenvalue weighted by atomic mass is 79.9. The van der Waals surface area contributed by atoms with Crippen LogP contribution in [0.5, 0.6) is 5.75 Å². The van der Waals surface area contributed by atoms with Crippen molar-refractivity contribution in [2.24, 2.45) is 0 Å². The van der Waals surface area contributed by atoms with Crippen LogP contribution in [0.15, 0.2) is 22.7 Å². The van der Waals surface area contributed by atoms with E-state index in [-0.39, 0.29) is 18.4 Å². The Kier molecular flexibility index (Phi) is 8.09. The molecule has 0 aliphatic rings. The molecule has 0 N–H and O–H groups in total. The molecule has 0 heterocycles. The SMILES string of the molecule is CCN(CC)C(=O)CN(C)C(=O)CCc1ccc(OC)c(Br)c1. The van der Waals surface area contributed by atoms with E-state index < -0.39 is 0 Å². The smallest absolute Gasteiger partial charge is 0.242 e. The molecule has 1 rings (SSSR count). The van der Waals surface area contributed by atoms with Crippen molar-refractivity contribution in [3.8, 4) is 5.75 Å². The summed E-state index contributed by atoms with van der Waals surface area (Å²) in [5, 5.41) is 0. The molecule has 1 aromatic carbocycles. The maximum Gasteiger partial charge on any atom is 0.242 e. The molecule has 0 saturated carbocycles. The molecular weight excluding hydrogens is 360 g/mol. The second-order valence-corrected chi connectivity index (χ2v) is 6.14. The summed E-state index contributed by atoms with van der Waals surface area (Å²) in [5.41, 5.74) is 1.05. The molecule has 0 aliphatic heterocycles. The number of benzene rings is 1. The molecule has 5 nitrogen and oxygen atoms in total. The molecule has 0 atom stereocenters. The predicted molar refractivity (Wildman–Crippen MR) is 94.6 cm³/mol. The monoisotopic (exact) mass is 384 g/mol. The first kappa shape index (κ1) is 19.5. The van der Waals surface area contributed by atoms with Crippen LogP contribution in [0.4, 0.5) is 0 Å². The molecule has 0 saturated heterocycles. The number of carbonyl (C=O) groups excluding carboxylic acids is 2. The lowest BCUT2D eigenvalue weighted by atomic mass is 10.1. The molecule has 0 bridgehead atoms. The van der Waals surface area contributed by atoms with E-state index in [1.165, 1.54) is 4.90 Å². The first-order chi connectivity index (χ1) is 10.9. The number of halogens is 1. The molecule has 0 radical (unpaired) electrons. The Bertz CT molecular complexity index is 545. The van der Waals surface area contributed by atoms with Crippen molar-refractivity contribution in [1.29, 1.82) is 0 Å². The van der Waals surface area contributed by atoms with Crippen molar-refractivity contribution in [2.75, 3.05) is 33.8 Å². The number of ether oxygens (including phenoxy) is 1. The van der Waals surface area contributed by atoms with Crippen LogP contribution >= 0.6 is 15.9 Å². The number of hydrogen-bond donors (Lipinski definition) is 0. The van der Waals surface area contributed by atoms with Crippen molar-refractivity contribution in [2.45, 2.75) is 26.7 Å². The largest absolute Gasteiger partial charge is 0.496 e. The summed E-state index contributed by atoms with van der Waals surface area (Å²) in [6, 6.07) is 5.77. The van der Waals surface area contributed by atoms with E-state index in [9.17, 15) is 9.59 Å². The lowest BCUT2D eigenvalue weighted by molar-refractivity contribution is -0.139. The van der Waals surface area contributed by atoms with Crippen molar-refractivity contribution < 1.29 is 14.3 Å². The van der Waals surface area contributed by atoms with Crippen LogP contribution in [0.2, 0.25) is 0 Å². The average Bonchev–Trinajstić information content (AvgIpc) is 2.53. The van der Waals surface area contributed by atoms with Crippen LogP contribution in [0, 0.1) is 0 Å². The second kappa shape index (κ2) is 9.55. The predicted octanol–water partition coefficient (Wildman–Crippen LogP) is 2.72. The van der Waals surface area contributed by atoms with Gasteiger partial charge in [0.1, 0.15) is 5.75 Å². The number of carbonyl (C=O) groups is 2. The van der Waals surface area contributed by atoms with Gasteiger partial charge < -0.3 is 14.5 Å². The lowest BCUT2D eigenvalue weighted by Gasteiger charge is -2.23. The second-order valence-electron chi connectivity index (χ2n) is 5.28. The van der Waals surface area contributed by atoms with Gasteiger partial charge in [0, 0.05) is 26.6 Å². The first-order valence-corrected chi connectivity index (χ1v) is 8.56. The van der Waals surface area contributed by atoms with E-state index in [2.05, 4.69) is 15.9 Å². The van der Waals surface area contributed by atoms with Gasteiger partial charge in [0.05, 0.1) is 18.1 Å². The first-order valence-electron chi connectivity index (χ1n) is 7.77. The summed E-state index contributed by atoms with van der Waals surface area (Å²) in [7, 11) is 3.29. The van der Waals surface area contributed by atoms with Gasteiger partial charge in [-0.2, -0.15) is 0 Å². The lowest BCUT2D eigenvalue weighted by Crippen LogP contribution is -2.41. The van der Waals surface area contributed by atoms with Gasteiger partial charge in [-0.1, -0.05) is 6.07 Å². The molecule has 0 spiro atoms. The number of rotatable bonds is 8. The van der Waals surface area contributed by atoms with Crippen LogP contribution < -0.4 is 4.74 Å². The fourth-order valence-electron chi connectivity index (χ4n) is 2.27. The van der Waals surface area contributed by atoms with Crippen molar-refractivity contribution in [3.63, 3.8) is 0 Å². The summed E-state index contributed by atoms with van der Waals surface area (Å²) >= 11 is 3.44. The Labute approximate surface area is 146 Å². The van der Waals surface area contributed by atoms with Crippen LogP contribution in [-0.4, -0.2) is 55.4 Å². The average molecular weight is 385 g/mol. The van der Waals surface area contributed by atoms with E-state index in [4.69, 9.17) is 4.74 Å². The number of hydrogen-bond acceptors (Lipinski definition) is 3. The van der Waals surface area contributed by atoms with Crippen LogP contribution in [-0.2, 0) is 16.0 Å². The minimum atomic E-state index is -0.0301. The van der Waals surface area contributed by atoms with E-state index >= 15 is 0 Å². The summed E-state index contributed by atoms with van der Waals surface area (Å²) in [4.78, 5) is 27.4. The topological polar surface area (TPSA) is 49.9 Å². The third kappa shape index (κ3) is 5.86. The zero-order valence-electron chi connectivity index (χ0n) is 14.3. The zero-order chi connectivity index (χ0) is 17.4. The Balaban J connectivity index is 2.52. The van der Waals surface area contributed by atoms with Gasteiger partial charge in [-0.05, 0) is 53.9 Å². The van der Waals surface area contributed by atoms with E-state index in [0.29, 0.717) is 25.9 Å². The van der Waals surface area contributed by atoms with Gasteiger partial charge in [-0.25, -0.2) is 0 Å². The fraction of sp³-hybridized carbons (Fsp3) is 0.529. The summed E-state index contributed by atoms with van der Waals surface area (Å²) < 4.78 is 6.06. The Morgan fingerprint density at radius 3 is 2.35 bits per heavy atom. The number of aryl methyl sites for hydroxylation is 1. The maximum atomic E-state index is 12.2. The van der Waals surface area contributed by atoms with Gasteiger partial charge in [0.15, 0.2) is 0 Å². The van der Waals surface area contributed by atoms with Crippen LogP contribution in [0.3, 0.4) is 0 Å². The zero-order valence-corrected chi connectivity index (χ0v) is 15.9. The number of methoxy groups -OCH3 is 1. The van der Waals surface area contributed by atoms with Gasteiger partial charge in [0.25, 0.3) is 0 Å². The van der Waals surface area contributed by atoms with Crippen molar-refractivity contribution >= 4 is 27.7 Å². The molecule has 0 fully saturated rings. The Morgan fingerprint density at radius 1 is 1.17 bits per heavy atom. The van der Waals surface area contributed by atoms with Crippen LogP contribution in [0.25, 0.3) is 0 Å². The van der Waals surface area contributed by atoms with E-state index in [0.717, 1.165) is 15.8 Å². The number of likely N-dealkylation sites (N-methyl/N-ethyl adjacent to an activating group) is 2. The molecule has 23 heavy (non-hydrogen) atoms. The molecular formula is C17H25BrN2O3. The Hall–Kier alpha value is -1.56. The highest BCUT2D eigenvalue weighted by Gasteiger charge is 2.16. The van der Waals surface area contributed by atoms with Gasteiger partial charge in [-0.15, -0.1) is 0 Å². The standard InChI is InChI=1S/C17H25BrN2O3/c1-5-20(6-2)17(22)12-19(3)16(21)10-8-13-7-9-15(23-4)14(18)11-13/h7,9,11H,5-6,8,10,12H2,1-4H3. The molecule has 0 aromatic heterocycles. The third-order valence-corrected chi connectivity index (χ3v) is 4.38. The summed E-state index contributed by atoms with van der Waals surface area (Å²) in [6.45, 7) is 5.33. The highest BCUT2D eigenvalue weighted by Crippen LogP contribution is 2.26. The molecule has 128 valence electrons. The minimum Gasteiger partial charge on any atom is -0.496 e. The highest BCUT2D eigenvalue weighted by molar-refractivity contribution is 9.10. The molecule has 0 aliphatic carbocycles. The normalized spacial score (nSPS) is 10.3. The number of nitrogens with zero attached hydrogens (tertiary/aromatic N) is 2. The van der Waals surface area contributed by atoms with Gasteiger partial charge in [0.2, 0.25) is 11.8 Å². The quantitative estimate of drug-likeness (QED) is 0.692. The van der Waals surface area contributed by atoms with Gasteiger partial charge >= 0.3 is 0 Å². The minimum absolute atomic E-state index is 0.0157. The summed E-state index contributed by atoms with van der Waals surface area (Å²) in [5.74, 6) is 0.720. The third-order valence-electron chi connectivity index (χ3n) is 3.76. The van der Waals surface area contributed by atoms with E-state index in [1.807, 2.05) is 32.0 Å². The fourth-order valence-corrected chi connectivity index (χ4v) is 2.86. The van der Waals surface area contributed by atoms with Crippen LogP contribution in [0.1, 0.15) is 25.8 Å². The number of amides is 2. The summed E-state index contributed by atoms with van der Waals surface area (Å²) in [6.07, 6.45) is 1.01. The van der Waals surface area contributed by atoms with E-state index in [1.54, 1.807) is 19.1 Å². The van der Waals surface area contributed by atoms with Gasteiger partial charge in [-0.3, -0.25) is 9.59 Å². The Morgan fingerprint density at radius 2 is 1.83 bits per heavy atom. The molecule has 0 unspecified atom stereocenters. The molecule has 6 heteroatoms. The molecule has 1 aromatic rings.